The van der Waals surface area contributed by atoms with Crippen LogP contribution in [0.15, 0.2) is 4.99 Å². The van der Waals surface area contributed by atoms with Crippen molar-refractivity contribution in [3.8, 4) is 0 Å². The van der Waals surface area contributed by atoms with Crippen molar-refractivity contribution in [2.24, 2.45) is 4.99 Å². The van der Waals surface area contributed by atoms with E-state index in [2.05, 4.69) is 4.99 Å². The number of carboxylic acids is 1. The van der Waals surface area contributed by atoms with E-state index in [1.807, 2.05) is 0 Å². The molecule has 0 saturated heterocycles. The first-order valence-corrected chi connectivity index (χ1v) is 3.67. The third kappa shape index (κ3) is 3.02. The van der Waals surface area contributed by atoms with Crippen LogP contribution in [-0.4, -0.2) is 30.1 Å². The molecule has 0 aromatic carbocycles. The molecule has 0 spiro atoms. The lowest BCUT2D eigenvalue weighted by atomic mass is 10.2. The van der Waals surface area contributed by atoms with E-state index in [1.54, 1.807) is 0 Å². The molecule has 0 aliphatic carbocycles. The number of hydrogen-bond acceptors (Lipinski definition) is 3. The zero-order valence-corrected chi connectivity index (χ0v) is 6.25. The number of ether oxygens (including phenoxy) is 1. The fraction of sp³-hybridized carbons (Fsp3) is 0.714. The molecule has 0 radical (unpaired) electrons. The number of hydrogen-bond donors (Lipinski definition) is 1. The second kappa shape index (κ2) is 3.95. The summed E-state index contributed by atoms with van der Waals surface area (Å²) < 4.78 is 5.09. The average Bonchev–Trinajstić information content (AvgIpc) is 2.39. The summed E-state index contributed by atoms with van der Waals surface area (Å²) in [6, 6.07) is 0. The van der Waals surface area contributed by atoms with Crippen molar-refractivity contribution in [1.29, 1.82) is 0 Å². The van der Waals surface area contributed by atoms with Crippen LogP contribution in [0.4, 0.5) is 0 Å². The molecule has 11 heavy (non-hydrogen) atoms. The van der Waals surface area contributed by atoms with Gasteiger partial charge in [-0.15, -0.1) is 0 Å². The SMILES string of the molecule is O=C(O)CCCC1=NCCO1. The average molecular weight is 157 g/mol. The van der Waals surface area contributed by atoms with Gasteiger partial charge in [0.1, 0.15) is 6.61 Å². The lowest BCUT2D eigenvalue weighted by Crippen LogP contribution is -2.01. The summed E-state index contributed by atoms with van der Waals surface area (Å²) in [6.07, 6.45) is 1.48. The van der Waals surface area contributed by atoms with Crippen molar-refractivity contribution < 1.29 is 14.6 Å². The highest BCUT2D eigenvalue weighted by Gasteiger charge is 2.07. The topological polar surface area (TPSA) is 58.9 Å². The number of rotatable bonds is 4. The monoisotopic (exact) mass is 157 g/mol. The smallest absolute Gasteiger partial charge is 0.303 e. The Morgan fingerprint density at radius 1 is 1.73 bits per heavy atom. The minimum Gasteiger partial charge on any atom is -0.481 e. The number of aliphatic imine (C=N–C) groups is 1. The summed E-state index contributed by atoms with van der Waals surface area (Å²) in [5.74, 6) is -0.0464. The van der Waals surface area contributed by atoms with Gasteiger partial charge in [-0.3, -0.25) is 9.79 Å². The Kier molecular flexibility index (Phi) is 2.89. The standard InChI is InChI=1S/C7H11NO3/c9-7(10)3-1-2-6-8-4-5-11-6/h1-5H2,(H,9,10). The van der Waals surface area contributed by atoms with E-state index in [1.165, 1.54) is 0 Å². The molecule has 0 saturated carbocycles. The highest BCUT2D eigenvalue weighted by Crippen LogP contribution is 2.03. The lowest BCUT2D eigenvalue weighted by Gasteiger charge is -1.98. The van der Waals surface area contributed by atoms with Gasteiger partial charge in [0.05, 0.1) is 6.54 Å². The fourth-order valence-electron chi connectivity index (χ4n) is 0.922. The zero-order valence-electron chi connectivity index (χ0n) is 6.25. The van der Waals surface area contributed by atoms with E-state index >= 15 is 0 Å². The van der Waals surface area contributed by atoms with Gasteiger partial charge >= 0.3 is 5.97 Å². The van der Waals surface area contributed by atoms with Crippen LogP contribution in [0.2, 0.25) is 0 Å². The Balaban J connectivity index is 2.07. The fourth-order valence-corrected chi connectivity index (χ4v) is 0.922. The highest BCUT2D eigenvalue weighted by molar-refractivity contribution is 5.77. The van der Waals surface area contributed by atoms with Crippen molar-refractivity contribution in [2.75, 3.05) is 13.2 Å². The van der Waals surface area contributed by atoms with Crippen molar-refractivity contribution >= 4 is 11.9 Å². The molecule has 1 N–H and O–H groups in total. The molecule has 1 rings (SSSR count). The molecule has 4 heteroatoms. The van der Waals surface area contributed by atoms with Crippen molar-refractivity contribution in [3.63, 3.8) is 0 Å². The van der Waals surface area contributed by atoms with Crippen molar-refractivity contribution in [2.45, 2.75) is 19.3 Å². The van der Waals surface area contributed by atoms with Crippen LogP contribution in [-0.2, 0) is 9.53 Å². The first-order chi connectivity index (χ1) is 5.29. The minimum atomic E-state index is -0.761. The molecule has 0 atom stereocenters. The minimum absolute atomic E-state index is 0.197. The second-order valence-electron chi connectivity index (χ2n) is 2.37. The van der Waals surface area contributed by atoms with E-state index in [0.29, 0.717) is 25.3 Å². The molecule has 0 unspecified atom stereocenters. The summed E-state index contributed by atoms with van der Waals surface area (Å²) in [5, 5.41) is 8.31. The maximum Gasteiger partial charge on any atom is 0.303 e. The van der Waals surface area contributed by atoms with Crippen molar-refractivity contribution in [3.05, 3.63) is 0 Å². The summed E-state index contributed by atoms with van der Waals surface area (Å²) >= 11 is 0. The molecule has 1 aliphatic heterocycles. The largest absolute Gasteiger partial charge is 0.481 e. The van der Waals surface area contributed by atoms with Crippen LogP contribution in [0.25, 0.3) is 0 Å². The maximum atomic E-state index is 10.1. The number of nitrogens with zero attached hydrogens (tertiary/aromatic N) is 1. The predicted molar refractivity (Wildman–Crippen MR) is 39.7 cm³/mol. The number of carbonyl (C=O) groups is 1. The zero-order chi connectivity index (χ0) is 8.10. The Morgan fingerprint density at radius 3 is 3.09 bits per heavy atom. The van der Waals surface area contributed by atoms with Gasteiger partial charge in [0.25, 0.3) is 0 Å². The van der Waals surface area contributed by atoms with Crippen LogP contribution in [0.3, 0.4) is 0 Å². The first kappa shape index (κ1) is 8.04. The molecule has 4 nitrogen and oxygen atoms in total. The highest BCUT2D eigenvalue weighted by atomic mass is 16.5. The Morgan fingerprint density at radius 2 is 2.55 bits per heavy atom. The summed E-state index contributed by atoms with van der Waals surface area (Å²) in [5.41, 5.74) is 0. The van der Waals surface area contributed by atoms with Crippen LogP contribution in [0, 0.1) is 0 Å². The molecule has 0 bridgehead atoms. The Bertz CT molecular complexity index is 177. The van der Waals surface area contributed by atoms with Crippen molar-refractivity contribution in [1.82, 2.24) is 0 Å². The van der Waals surface area contributed by atoms with Crippen LogP contribution < -0.4 is 0 Å². The first-order valence-electron chi connectivity index (χ1n) is 3.67. The maximum absolute atomic E-state index is 10.1. The molecular weight excluding hydrogens is 146 g/mol. The van der Waals surface area contributed by atoms with Gasteiger partial charge < -0.3 is 9.84 Å². The molecular formula is C7H11NO3. The van der Waals surface area contributed by atoms with Gasteiger partial charge in [-0.25, -0.2) is 0 Å². The predicted octanol–water partition coefficient (Wildman–Crippen LogP) is 0.670. The van der Waals surface area contributed by atoms with E-state index in [4.69, 9.17) is 9.84 Å². The molecule has 0 aromatic heterocycles. The molecule has 0 aromatic rings. The van der Waals surface area contributed by atoms with E-state index in [9.17, 15) is 4.79 Å². The summed E-state index contributed by atoms with van der Waals surface area (Å²) in [6.45, 7) is 1.38. The van der Waals surface area contributed by atoms with Gasteiger partial charge in [0.15, 0.2) is 5.90 Å². The molecule has 1 aliphatic rings. The second-order valence-corrected chi connectivity index (χ2v) is 2.37. The van der Waals surface area contributed by atoms with E-state index in [-0.39, 0.29) is 6.42 Å². The van der Waals surface area contributed by atoms with Gasteiger partial charge in [0.2, 0.25) is 0 Å². The van der Waals surface area contributed by atoms with Gasteiger partial charge in [0, 0.05) is 12.8 Å². The number of aliphatic carboxylic acids is 1. The van der Waals surface area contributed by atoms with Crippen LogP contribution in [0.1, 0.15) is 19.3 Å². The molecule has 62 valence electrons. The lowest BCUT2D eigenvalue weighted by molar-refractivity contribution is -0.137. The quantitative estimate of drug-likeness (QED) is 0.652. The Labute approximate surface area is 64.9 Å². The third-order valence-electron chi connectivity index (χ3n) is 1.43. The van der Waals surface area contributed by atoms with Crippen LogP contribution >= 0.6 is 0 Å². The normalized spacial score (nSPS) is 15.8. The summed E-state index contributed by atoms with van der Waals surface area (Å²) in [4.78, 5) is 14.1. The molecule has 1 heterocycles. The third-order valence-corrected chi connectivity index (χ3v) is 1.43. The van der Waals surface area contributed by atoms with Crippen LogP contribution in [0.5, 0.6) is 0 Å². The molecule has 0 amide bonds. The number of carboxylic acid groups (broad SMARTS) is 1. The Hall–Kier alpha value is -1.06. The molecule has 0 fully saturated rings. The van der Waals surface area contributed by atoms with Gasteiger partial charge in [-0.1, -0.05) is 0 Å². The van der Waals surface area contributed by atoms with Gasteiger partial charge in [-0.05, 0) is 6.42 Å². The van der Waals surface area contributed by atoms with Gasteiger partial charge in [-0.2, -0.15) is 0 Å². The van der Waals surface area contributed by atoms with E-state index in [0.717, 1.165) is 6.54 Å². The van der Waals surface area contributed by atoms with E-state index < -0.39 is 5.97 Å². The summed E-state index contributed by atoms with van der Waals surface area (Å²) in [7, 11) is 0.